The topological polar surface area (TPSA) is 54.4 Å². The summed E-state index contributed by atoms with van der Waals surface area (Å²) in [5.74, 6) is -0.645. The molecule has 0 aromatic heterocycles. The van der Waals surface area contributed by atoms with Gasteiger partial charge in [0.15, 0.2) is 0 Å². The predicted molar refractivity (Wildman–Crippen MR) is 79.3 cm³/mol. The van der Waals surface area contributed by atoms with Crippen LogP contribution in [0, 0.1) is 0 Å². The van der Waals surface area contributed by atoms with Gasteiger partial charge in [-0.15, -0.1) is 0 Å². The molecule has 104 valence electrons. The molecule has 0 aliphatic carbocycles. The molecule has 5 heteroatoms. The Morgan fingerprint density at radius 2 is 1.65 bits per heavy atom. The van der Waals surface area contributed by atoms with Crippen molar-refractivity contribution in [2.45, 2.75) is 17.1 Å². The van der Waals surface area contributed by atoms with E-state index in [2.05, 4.69) is 0 Å². The van der Waals surface area contributed by atoms with Gasteiger partial charge in [0.05, 0.1) is 32.9 Å². The van der Waals surface area contributed by atoms with Gasteiger partial charge < -0.3 is 5.11 Å². The number of hydrogen-bond donors (Lipinski definition) is 1. The molecule has 2 aromatic carbocycles. The Morgan fingerprint density at radius 3 is 2.30 bits per heavy atom. The van der Waals surface area contributed by atoms with Crippen molar-refractivity contribution >= 4 is 28.4 Å². The van der Waals surface area contributed by atoms with Gasteiger partial charge in [-0.25, -0.2) is 0 Å². The van der Waals surface area contributed by atoms with E-state index < -0.39 is 16.8 Å². The minimum absolute atomic E-state index is 0.0735. The number of carbonyl (C=O) groups is 1. The van der Waals surface area contributed by atoms with Gasteiger partial charge in [0.1, 0.15) is 0 Å². The third-order valence-electron chi connectivity index (χ3n) is 2.83. The van der Waals surface area contributed by atoms with Gasteiger partial charge in [-0.3, -0.25) is 9.00 Å². The predicted octanol–water partition coefficient (Wildman–Crippen LogP) is 3.27. The first-order valence-corrected chi connectivity index (χ1v) is 7.69. The third kappa shape index (κ3) is 3.68. The van der Waals surface area contributed by atoms with Gasteiger partial charge in [0.2, 0.25) is 0 Å². The van der Waals surface area contributed by atoms with Crippen molar-refractivity contribution in [1.82, 2.24) is 0 Å². The van der Waals surface area contributed by atoms with E-state index in [1.165, 1.54) is 0 Å². The maximum absolute atomic E-state index is 12.4. The molecule has 0 spiro atoms. The van der Waals surface area contributed by atoms with Gasteiger partial charge in [-0.2, -0.15) is 0 Å². The summed E-state index contributed by atoms with van der Waals surface area (Å²) in [6, 6.07) is 14.1. The molecule has 0 amide bonds. The molecule has 1 N–H and O–H groups in total. The first-order chi connectivity index (χ1) is 9.58. The first kappa shape index (κ1) is 14.8. The molecule has 0 aliphatic rings. The maximum Gasteiger partial charge on any atom is 0.307 e. The summed E-state index contributed by atoms with van der Waals surface area (Å²) in [5.41, 5.74) is 1.45. The lowest BCUT2D eigenvalue weighted by molar-refractivity contribution is -0.136. The zero-order chi connectivity index (χ0) is 14.5. The van der Waals surface area contributed by atoms with Crippen molar-refractivity contribution in [2.75, 3.05) is 0 Å². The van der Waals surface area contributed by atoms with Crippen LogP contribution in [-0.4, -0.2) is 15.3 Å². The fourth-order valence-electron chi connectivity index (χ4n) is 1.88. The van der Waals surface area contributed by atoms with E-state index in [1.807, 2.05) is 6.07 Å². The lowest BCUT2D eigenvalue weighted by Gasteiger charge is -2.08. The molecule has 0 heterocycles. The SMILES string of the molecule is O=C(O)Cc1ccccc1CS(=O)c1ccccc1Cl. The van der Waals surface area contributed by atoms with Crippen LogP contribution in [0.2, 0.25) is 5.02 Å². The van der Waals surface area contributed by atoms with E-state index in [9.17, 15) is 9.00 Å². The van der Waals surface area contributed by atoms with Crippen molar-refractivity contribution in [2.24, 2.45) is 0 Å². The van der Waals surface area contributed by atoms with Crippen molar-refractivity contribution in [1.29, 1.82) is 0 Å². The molecule has 2 rings (SSSR count). The van der Waals surface area contributed by atoms with Gasteiger partial charge in [0.25, 0.3) is 0 Å². The fraction of sp³-hybridized carbons (Fsp3) is 0.133. The van der Waals surface area contributed by atoms with Crippen LogP contribution >= 0.6 is 11.6 Å². The van der Waals surface area contributed by atoms with Crippen LogP contribution in [0.25, 0.3) is 0 Å². The van der Waals surface area contributed by atoms with E-state index >= 15 is 0 Å². The summed E-state index contributed by atoms with van der Waals surface area (Å²) >= 11 is 6.02. The number of aliphatic carboxylic acids is 1. The van der Waals surface area contributed by atoms with Crippen LogP contribution < -0.4 is 0 Å². The largest absolute Gasteiger partial charge is 0.481 e. The second-order valence-electron chi connectivity index (χ2n) is 4.26. The van der Waals surface area contributed by atoms with Crippen LogP contribution in [0.4, 0.5) is 0 Å². The number of rotatable bonds is 5. The highest BCUT2D eigenvalue weighted by Gasteiger charge is 2.12. The zero-order valence-electron chi connectivity index (χ0n) is 10.6. The molecule has 0 saturated carbocycles. The zero-order valence-corrected chi connectivity index (χ0v) is 12.2. The first-order valence-electron chi connectivity index (χ1n) is 5.99. The Kier molecular flexibility index (Phi) is 4.93. The second kappa shape index (κ2) is 6.68. The number of carboxylic acid groups (broad SMARTS) is 1. The number of halogens is 1. The molecule has 3 nitrogen and oxygen atoms in total. The highest BCUT2D eigenvalue weighted by Crippen LogP contribution is 2.22. The standard InChI is InChI=1S/C15H13ClO3S/c16-13-7-3-4-8-14(13)20(19)10-12-6-2-1-5-11(12)9-15(17)18/h1-8H,9-10H2,(H,17,18). The van der Waals surface area contributed by atoms with E-state index in [-0.39, 0.29) is 12.2 Å². The molecular formula is C15H13ClO3S. The Labute approximate surface area is 124 Å². The minimum Gasteiger partial charge on any atom is -0.481 e. The van der Waals surface area contributed by atoms with Crippen LogP contribution in [0.15, 0.2) is 53.4 Å². The molecular weight excluding hydrogens is 296 g/mol. The van der Waals surface area contributed by atoms with Crippen molar-refractivity contribution in [3.05, 3.63) is 64.7 Å². The molecule has 0 bridgehead atoms. The summed E-state index contributed by atoms with van der Waals surface area (Å²) in [7, 11) is -1.30. The van der Waals surface area contributed by atoms with Crippen molar-refractivity contribution in [3.8, 4) is 0 Å². The molecule has 0 fully saturated rings. The number of benzene rings is 2. The number of carboxylic acids is 1. The fourth-order valence-corrected chi connectivity index (χ4v) is 3.51. The Bertz CT molecular complexity index is 655. The summed E-state index contributed by atoms with van der Waals surface area (Å²) < 4.78 is 12.4. The quantitative estimate of drug-likeness (QED) is 0.922. The number of hydrogen-bond acceptors (Lipinski definition) is 2. The lowest BCUT2D eigenvalue weighted by Crippen LogP contribution is -2.06. The molecule has 0 saturated heterocycles. The van der Waals surface area contributed by atoms with Crippen LogP contribution in [0.3, 0.4) is 0 Å². The van der Waals surface area contributed by atoms with Crippen LogP contribution in [-0.2, 0) is 27.8 Å². The molecule has 0 radical (unpaired) electrons. The Balaban J connectivity index is 2.24. The van der Waals surface area contributed by atoms with E-state index in [0.29, 0.717) is 15.5 Å². The molecule has 20 heavy (non-hydrogen) atoms. The smallest absolute Gasteiger partial charge is 0.307 e. The minimum atomic E-state index is -1.30. The van der Waals surface area contributed by atoms with Crippen LogP contribution in [0.1, 0.15) is 11.1 Å². The maximum atomic E-state index is 12.4. The normalized spacial score (nSPS) is 12.1. The summed E-state index contributed by atoms with van der Waals surface area (Å²) in [6.45, 7) is 0. The highest BCUT2D eigenvalue weighted by atomic mass is 35.5. The summed E-state index contributed by atoms with van der Waals surface area (Å²) in [6.07, 6.45) is -0.0735. The molecule has 0 aliphatic heterocycles. The van der Waals surface area contributed by atoms with Crippen molar-refractivity contribution in [3.63, 3.8) is 0 Å². The lowest BCUT2D eigenvalue weighted by atomic mass is 10.1. The Morgan fingerprint density at radius 1 is 1.05 bits per heavy atom. The molecule has 1 atom stereocenters. The average molecular weight is 309 g/mol. The van der Waals surface area contributed by atoms with E-state index in [4.69, 9.17) is 16.7 Å². The van der Waals surface area contributed by atoms with Gasteiger partial charge >= 0.3 is 5.97 Å². The van der Waals surface area contributed by atoms with Crippen LogP contribution in [0.5, 0.6) is 0 Å². The monoisotopic (exact) mass is 308 g/mol. The van der Waals surface area contributed by atoms with Gasteiger partial charge in [0, 0.05) is 0 Å². The average Bonchev–Trinajstić information content (AvgIpc) is 2.41. The third-order valence-corrected chi connectivity index (χ3v) is 4.69. The molecule has 1 unspecified atom stereocenters. The van der Waals surface area contributed by atoms with E-state index in [0.717, 1.165) is 5.56 Å². The molecule has 2 aromatic rings. The highest BCUT2D eigenvalue weighted by molar-refractivity contribution is 7.84. The summed E-state index contributed by atoms with van der Waals surface area (Å²) in [4.78, 5) is 11.4. The summed E-state index contributed by atoms with van der Waals surface area (Å²) in [5, 5.41) is 9.35. The van der Waals surface area contributed by atoms with Gasteiger partial charge in [-0.1, -0.05) is 48.0 Å². The van der Waals surface area contributed by atoms with Gasteiger partial charge in [-0.05, 0) is 23.3 Å². The Hall–Kier alpha value is -1.65. The van der Waals surface area contributed by atoms with E-state index in [1.54, 1.807) is 42.5 Å². The van der Waals surface area contributed by atoms with Crippen molar-refractivity contribution < 1.29 is 14.1 Å². The second-order valence-corrected chi connectivity index (χ2v) is 6.09.